The van der Waals surface area contributed by atoms with Crippen molar-refractivity contribution in [1.29, 1.82) is 0 Å². The van der Waals surface area contributed by atoms with Crippen LogP contribution in [0, 0.1) is 6.92 Å². The fourth-order valence-corrected chi connectivity index (χ4v) is 5.52. The van der Waals surface area contributed by atoms with Crippen molar-refractivity contribution in [3.63, 3.8) is 0 Å². The lowest BCUT2D eigenvalue weighted by atomic mass is 9.99. The van der Waals surface area contributed by atoms with Gasteiger partial charge in [-0.3, -0.25) is 14.7 Å². The highest BCUT2D eigenvalue weighted by molar-refractivity contribution is 6.06. The van der Waals surface area contributed by atoms with E-state index >= 15 is 0 Å². The first-order valence-electron chi connectivity index (χ1n) is 13.4. The molecule has 5 heteroatoms. The second-order valence-electron chi connectivity index (χ2n) is 10.3. The molecular weight excluding hydrogens is 458 g/mol. The van der Waals surface area contributed by atoms with Crippen LogP contribution in [0.4, 0.5) is 5.69 Å². The van der Waals surface area contributed by atoms with Gasteiger partial charge >= 0.3 is 0 Å². The number of rotatable bonds is 5. The van der Waals surface area contributed by atoms with Gasteiger partial charge in [0.25, 0.3) is 5.91 Å². The van der Waals surface area contributed by atoms with E-state index in [1.807, 2.05) is 43.5 Å². The molecule has 2 aliphatic rings. The summed E-state index contributed by atoms with van der Waals surface area (Å²) >= 11 is 0. The van der Waals surface area contributed by atoms with Gasteiger partial charge in [-0.25, -0.2) is 0 Å². The third kappa shape index (κ3) is 5.09. The number of hydrogen-bond acceptors (Lipinski definition) is 4. The minimum Gasteiger partial charge on any atom is -0.493 e. The molecule has 0 unspecified atom stereocenters. The zero-order valence-corrected chi connectivity index (χ0v) is 21.4. The van der Waals surface area contributed by atoms with Gasteiger partial charge in [0.1, 0.15) is 5.75 Å². The van der Waals surface area contributed by atoms with Crippen LogP contribution in [0.25, 0.3) is 22.0 Å². The summed E-state index contributed by atoms with van der Waals surface area (Å²) in [6, 6.07) is 20.5. The number of fused-ring (bicyclic) bond motifs is 2. The van der Waals surface area contributed by atoms with Crippen LogP contribution in [0.3, 0.4) is 0 Å². The lowest BCUT2D eigenvalue weighted by molar-refractivity contribution is 0.102. The predicted octanol–water partition coefficient (Wildman–Crippen LogP) is 6.77. The number of nitrogens with zero attached hydrogens (tertiary/aromatic N) is 2. The fraction of sp³-hybridized carbons (Fsp3) is 0.312. The van der Waals surface area contributed by atoms with E-state index in [1.165, 1.54) is 37.1 Å². The Bertz CT molecular complexity index is 1440. The number of pyridine rings is 1. The molecule has 188 valence electrons. The first-order chi connectivity index (χ1) is 18.1. The molecule has 0 saturated carbocycles. The van der Waals surface area contributed by atoms with Crippen molar-refractivity contribution < 1.29 is 9.53 Å². The van der Waals surface area contributed by atoms with Crippen molar-refractivity contribution in [2.75, 3.05) is 25.0 Å². The third-order valence-corrected chi connectivity index (χ3v) is 7.65. The van der Waals surface area contributed by atoms with E-state index in [-0.39, 0.29) is 5.91 Å². The second kappa shape index (κ2) is 10.3. The second-order valence-corrected chi connectivity index (χ2v) is 10.3. The summed E-state index contributed by atoms with van der Waals surface area (Å²) in [5.74, 6) is 0.885. The van der Waals surface area contributed by atoms with E-state index in [2.05, 4.69) is 40.5 Å². The molecule has 3 heterocycles. The van der Waals surface area contributed by atoms with Gasteiger partial charge in [-0.1, -0.05) is 24.3 Å². The molecule has 3 aromatic carbocycles. The summed E-state index contributed by atoms with van der Waals surface area (Å²) in [5.41, 5.74) is 8.11. The van der Waals surface area contributed by atoms with E-state index < -0.39 is 0 Å². The molecule has 1 fully saturated rings. The minimum absolute atomic E-state index is 0.116. The Morgan fingerprint density at radius 1 is 0.946 bits per heavy atom. The first kappa shape index (κ1) is 23.7. The fourth-order valence-electron chi connectivity index (χ4n) is 5.52. The first-order valence-corrected chi connectivity index (χ1v) is 13.4. The molecule has 0 aliphatic carbocycles. The van der Waals surface area contributed by atoms with Crippen LogP contribution in [0.5, 0.6) is 5.75 Å². The summed E-state index contributed by atoms with van der Waals surface area (Å²) in [5, 5.41) is 4.21. The van der Waals surface area contributed by atoms with E-state index in [4.69, 9.17) is 9.72 Å². The largest absolute Gasteiger partial charge is 0.493 e. The Morgan fingerprint density at radius 2 is 1.76 bits per heavy atom. The number of anilines is 1. The van der Waals surface area contributed by atoms with Crippen LogP contribution < -0.4 is 10.1 Å². The van der Waals surface area contributed by atoms with Crippen molar-refractivity contribution in [2.24, 2.45) is 0 Å². The number of likely N-dealkylation sites (tertiary alicyclic amines) is 1. The van der Waals surface area contributed by atoms with Crippen molar-refractivity contribution in [3.8, 4) is 16.9 Å². The molecular formula is C32H33N3O2. The number of aromatic nitrogens is 1. The van der Waals surface area contributed by atoms with Gasteiger partial charge in [-0.15, -0.1) is 0 Å². The van der Waals surface area contributed by atoms with Crippen LogP contribution >= 0.6 is 0 Å². The lowest BCUT2D eigenvalue weighted by Gasteiger charge is -2.15. The molecule has 0 radical (unpaired) electrons. The van der Waals surface area contributed by atoms with E-state index in [0.29, 0.717) is 5.56 Å². The average Bonchev–Trinajstić information content (AvgIpc) is 3.32. The molecule has 37 heavy (non-hydrogen) atoms. The molecule has 0 atom stereocenters. The Morgan fingerprint density at radius 3 is 2.59 bits per heavy atom. The minimum atomic E-state index is -0.116. The Hall–Kier alpha value is -3.70. The highest BCUT2D eigenvalue weighted by atomic mass is 16.5. The SMILES string of the molecule is Cc1c(NC(=O)c2ccc(-c3ccc4c(c3)CCCCO4)cc2)ccc2cc(CN3CCCC3)cnc12. The monoisotopic (exact) mass is 491 g/mol. The standard InChI is InChI=1S/C32H33N3O2/c1-22-29(13-11-28-18-23(20-33-31(22)28)21-35-15-3-4-16-35)34-32(36)25-9-7-24(8-10-25)26-12-14-30-27(19-26)6-2-5-17-37-30/h7-14,18-20H,2-6,15-17,21H2,1H3,(H,34,36). The summed E-state index contributed by atoms with van der Waals surface area (Å²) in [6.07, 6.45) is 7.85. The van der Waals surface area contributed by atoms with Crippen LogP contribution in [0.2, 0.25) is 0 Å². The van der Waals surface area contributed by atoms with Crippen molar-refractivity contribution in [2.45, 2.75) is 45.6 Å². The number of ether oxygens (including phenoxy) is 1. The molecule has 5 nitrogen and oxygen atoms in total. The summed E-state index contributed by atoms with van der Waals surface area (Å²) in [4.78, 5) is 20.3. The van der Waals surface area contributed by atoms with Gasteiger partial charge in [0.2, 0.25) is 0 Å². The van der Waals surface area contributed by atoms with Crippen molar-refractivity contribution in [3.05, 3.63) is 89.1 Å². The van der Waals surface area contributed by atoms with Crippen LogP contribution in [0.15, 0.2) is 66.9 Å². The van der Waals surface area contributed by atoms with E-state index in [1.54, 1.807) is 0 Å². The zero-order valence-electron chi connectivity index (χ0n) is 21.4. The third-order valence-electron chi connectivity index (χ3n) is 7.65. The summed E-state index contributed by atoms with van der Waals surface area (Å²) < 4.78 is 5.86. The smallest absolute Gasteiger partial charge is 0.255 e. The van der Waals surface area contributed by atoms with Gasteiger partial charge in [0, 0.05) is 29.4 Å². The number of nitrogens with one attached hydrogen (secondary N) is 1. The van der Waals surface area contributed by atoms with Crippen molar-refractivity contribution >= 4 is 22.5 Å². The van der Waals surface area contributed by atoms with Gasteiger partial charge in [-0.05, 0) is 116 Å². The normalized spacial score (nSPS) is 15.7. The number of hydrogen-bond donors (Lipinski definition) is 1. The van der Waals surface area contributed by atoms with E-state index in [0.717, 1.165) is 71.4 Å². The number of benzene rings is 3. The number of carbonyl (C=O) groups excluding carboxylic acids is 1. The molecule has 1 N–H and O–H groups in total. The van der Waals surface area contributed by atoms with Gasteiger partial charge in [-0.2, -0.15) is 0 Å². The van der Waals surface area contributed by atoms with Gasteiger partial charge in [0.15, 0.2) is 0 Å². The highest BCUT2D eigenvalue weighted by Gasteiger charge is 2.15. The quantitative estimate of drug-likeness (QED) is 0.335. The number of carbonyl (C=O) groups is 1. The number of aryl methyl sites for hydroxylation is 2. The molecule has 4 aromatic rings. The van der Waals surface area contributed by atoms with Crippen LogP contribution in [-0.2, 0) is 13.0 Å². The maximum absolute atomic E-state index is 13.1. The summed E-state index contributed by atoms with van der Waals surface area (Å²) in [6.45, 7) is 6.12. The molecule has 2 aliphatic heterocycles. The topological polar surface area (TPSA) is 54.5 Å². The zero-order chi connectivity index (χ0) is 25.2. The van der Waals surface area contributed by atoms with Crippen molar-refractivity contribution in [1.82, 2.24) is 9.88 Å². The Balaban J connectivity index is 1.17. The van der Waals surface area contributed by atoms with Gasteiger partial charge in [0.05, 0.1) is 12.1 Å². The number of amides is 1. The summed E-state index contributed by atoms with van der Waals surface area (Å²) in [7, 11) is 0. The molecule has 1 aromatic heterocycles. The highest BCUT2D eigenvalue weighted by Crippen LogP contribution is 2.30. The maximum atomic E-state index is 13.1. The lowest BCUT2D eigenvalue weighted by Crippen LogP contribution is -2.18. The molecule has 6 rings (SSSR count). The molecule has 1 saturated heterocycles. The Labute approximate surface area is 218 Å². The van der Waals surface area contributed by atoms with Crippen LogP contribution in [-0.4, -0.2) is 35.5 Å². The van der Waals surface area contributed by atoms with Crippen LogP contribution in [0.1, 0.15) is 52.7 Å². The van der Waals surface area contributed by atoms with Gasteiger partial charge < -0.3 is 10.1 Å². The van der Waals surface area contributed by atoms with E-state index in [9.17, 15) is 4.79 Å². The molecule has 1 amide bonds. The molecule has 0 spiro atoms. The molecule has 0 bridgehead atoms. The average molecular weight is 492 g/mol. The Kier molecular flexibility index (Phi) is 6.62. The predicted molar refractivity (Wildman–Crippen MR) is 149 cm³/mol. The maximum Gasteiger partial charge on any atom is 0.255 e.